The fourth-order valence-electron chi connectivity index (χ4n) is 3.37. The normalized spacial score (nSPS) is 18.3. The van der Waals surface area contributed by atoms with Gasteiger partial charge in [0.2, 0.25) is 0 Å². The van der Waals surface area contributed by atoms with E-state index >= 15 is 0 Å². The number of rotatable bonds is 4. The van der Waals surface area contributed by atoms with Crippen molar-refractivity contribution in [2.75, 3.05) is 19.6 Å². The van der Waals surface area contributed by atoms with E-state index in [0.29, 0.717) is 6.04 Å². The van der Waals surface area contributed by atoms with E-state index in [-0.39, 0.29) is 24.8 Å². The van der Waals surface area contributed by atoms with Crippen LogP contribution in [0.4, 0.5) is 0 Å². The minimum Gasteiger partial charge on any atom is -0.314 e. The third kappa shape index (κ3) is 4.80. The van der Waals surface area contributed by atoms with Crippen LogP contribution in [0.25, 0.3) is 10.9 Å². The van der Waals surface area contributed by atoms with Gasteiger partial charge in [-0.25, -0.2) is 0 Å². The third-order valence-corrected chi connectivity index (χ3v) is 4.40. The van der Waals surface area contributed by atoms with Crippen LogP contribution in [-0.4, -0.2) is 35.6 Å². The summed E-state index contributed by atoms with van der Waals surface area (Å²) in [5.41, 5.74) is 3.65. The number of pyridine rings is 1. The van der Waals surface area contributed by atoms with Crippen molar-refractivity contribution >= 4 is 35.7 Å². The Balaban J connectivity index is 0.00000132. The second-order valence-electron chi connectivity index (χ2n) is 6.06. The number of hydrogen-bond donors (Lipinski definition) is 1. The van der Waals surface area contributed by atoms with Crippen LogP contribution in [-0.2, 0) is 6.54 Å². The Kier molecular flexibility index (Phi) is 8.27. The lowest BCUT2D eigenvalue weighted by molar-refractivity contribution is 0.145. The molecule has 2 heterocycles. The van der Waals surface area contributed by atoms with Gasteiger partial charge in [0, 0.05) is 43.3 Å². The van der Waals surface area contributed by atoms with E-state index in [1.54, 1.807) is 0 Å². The molecule has 1 aromatic carbocycles. The van der Waals surface area contributed by atoms with Crippen molar-refractivity contribution in [3.8, 4) is 0 Å². The number of fused-ring (bicyclic) bond motifs is 1. The zero-order valence-electron chi connectivity index (χ0n) is 13.9. The lowest BCUT2D eigenvalue weighted by Gasteiger charge is -2.36. The summed E-state index contributed by atoms with van der Waals surface area (Å²) in [7, 11) is 0. The maximum atomic E-state index is 4.65. The number of halogens is 2. The maximum absolute atomic E-state index is 4.65. The Morgan fingerprint density at radius 1 is 1.26 bits per heavy atom. The summed E-state index contributed by atoms with van der Waals surface area (Å²) < 4.78 is 0. The molecule has 0 bridgehead atoms. The first-order valence-corrected chi connectivity index (χ1v) is 8.08. The fraction of sp³-hybridized carbons (Fsp3) is 0.500. The topological polar surface area (TPSA) is 28.2 Å². The summed E-state index contributed by atoms with van der Waals surface area (Å²) in [4.78, 5) is 7.29. The predicted octanol–water partition coefficient (Wildman–Crippen LogP) is 3.96. The van der Waals surface area contributed by atoms with Crippen LogP contribution >= 0.6 is 24.8 Å². The molecule has 5 heteroatoms. The molecular weight excluding hydrogens is 329 g/mol. The first kappa shape index (κ1) is 20.2. The van der Waals surface area contributed by atoms with Gasteiger partial charge in [0.05, 0.1) is 5.52 Å². The van der Waals surface area contributed by atoms with Crippen LogP contribution in [0, 0.1) is 6.92 Å². The van der Waals surface area contributed by atoms with E-state index in [4.69, 9.17) is 0 Å². The number of para-hydroxylation sites is 1. The Bertz CT molecular complexity index is 616. The molecule has 0 radical (unpaired) electrons. The Morgan fingerprint density at radius 3 is 2.83 bits per heavy atom. The smallest absolute Gasteiger partial charge is 0.0708 e. The number of piperazine rings is 1. The highest BCUT2D eigenvalue weighted by atomic mass is 35.5. The van der Waals surface area contributed by atoms with Crippen LogP contribution in [0.15, 0.2) is 30.3 Å². The molecule has 0 amide bonds. The van der Waals surface area contributed by atoms with E-state index in [2.05, 4.69) is 59.4 Å². The second kappa shape index (κ2) is 9.43. The van der Waals surface area contributed by atoms with E-state index < -0.39 is 0 Å². The van der Waals surface area contributed by atoms with Gasteiger partial charge in [-0.2, -0.15) is 0 Å². The minimum absolute atomic E-state index is 0. The quantitative estimate of drug-likeness (QED) is 0.899. The summed E-state index contributed by atoms with van der Waals surface area (Å²) in [6, 6.07) is 11.4. The van der Waals surface area contributed by atoms with E-state index in [9.17, 15) is 0 Å². The minimum atomic E-state index is 0. The molecule has 1 atom stereocenters. The Morgan fingerprint density at radius 2 is 2.04 bits per heavy atom. The van der Waals surface area contributed by atoms with Crippen LogP contribution in [0.5, 0.6) is 0 Å². The largest absolute Gasteiger partial charge is 0.314 e. The van der Waals surface area contributed by atoms with Gasteiger partial charge in [-0.05, 0) is 31.0 Å². The molecule has 0 aliphatic carbocycles. The Labute approximate surface area is 151 Å². The summed E-state index contributed by atoms with van der Waals surface area (Å²) in [6.45, 7) is 8.77. The van der Waals surface area contributed by atoms with E-state index in [1.807, 2.05) is 0 Å². The standard InChI is InChI=1S/C18H25N3.2ClH/c1-3-6-16-12-19-9-10-21(16)13-15-11-14(2)20-18-8-5-4-7-17(15)18;;/h4-5,7-8,11,16,19H,3,6,9-10,12-13H2,1-2H3;2*1H. The van der Waals surface area contributed by atoms with Gasteiger partial charge in [0.25, 0.3) is 0 Å². The molecule has 0 spiro atoms. The van der Waals surface area contributed by atoms with Gasteiger partial charge in [-0.3, -0.25) is 9.88 Å². The molecule has 1 aliphatic rings. The molecule has 1 unspecified atom stereocenters. The number of nitrogens with one attached hydrogen (secondary N) is 1. The van der Waals surface area contributed by atoms with Crippen molar-refractivity contribution in [1.29, 1.82) is 0 Å². The predicted molar refractivity (Wildman–Crippen MR) is 103 cm³/mol. The highest BCUT2D eigenvalue weighted by molar-refractivity contribution is 5.85. The molecule has 3 rings (SSSR count). The van der Waals surface area contributed by atoms with E-state index in [0.717, 1.165) is 37.4 Å². The zero-order valence-corrected chi connectivity index (χ0v) is 15.6. The van der Waals surface area contributed by atoms with Crippen molar-refractivity contribution in [2.45, 2.75) is 39.3 Å². The van der Waals surface area contributed by atoms with Crippen molar-refractivity contribution in [3.63, 3.8) is 0 Å². The molecule has 2 aromatic rings. The molecule has 1 aromatic heterocycles. The average Bonchev–Trinajstić information content (AvgIpc) is 2.49. The number of aryl methyl sites for hydroxylation is 1. The highest BCUT2D eigenvalue weighted by Gasteiger charge is 2.22. The van der Waals surface area contributed by atoms with Crippen molar-refractivity contribution in [1.82, 2.24) is 15.2 Å². The number of hydrogen-bond acceptors (Lipinski definition) is 3. The molecule has 1 N–H and O–H groups in total. The van der Waals surface area contributed by atoms with Gasteiger partial charge >= 0.3 is 0 Å². The molecular formula is C18H27Cl2N3. The fourth-order valence-corrected chi connectivity index (χ4v) is 3.37. The molecule has 23 heavy (non-hydrogen) atoms. The first-order valence-electron chi connectivity index (χ1n) is 8.08. The van der Waals surface area contributed by atoms with Gasteiger partial charge in [0.15, 0.2) is 0 Å². The lowest BCUT2D eigenvalue weighted by atomic mass is 10.0. The SMILES string of the molecule is CCCC1CNCCN1Cc1cc(C)nc2ccccc12.Cl.Cl. The average molecular weight is 356 g/mol. The summed E-state index contributed by atoms with van der Waals surface area (Å²) in [6.07, 6.45) is 2.52. The number of nitrogens with zero attached hydrogens (tertiary/aromatic N) is 2. The summed E-state index contributed by atoms with van der Waals surface area (Å²) in [5, 5.41) is 4.83. The van der Waals surface area contributed by atoms with Crippen LogP contribution in [0.2, 0.25) is 0 Å². The second-order valence-corrected chi connectivity index (χ2v) is 6.06. The van der Waals surface area contributed by atoms with Gasteiger partial charge in [-0.15, -0.1) is 24.8 Å². The van der Waals surface area contributed by atoms with Crippen LogP contribution in [0.3, 0.4) is 0 Å². The van der Waals surface area contributed by atoms with Gasteiger partial charge in [0.1, 0.15) is 0 Å². The lowest BCUT2D eigenvalue weighted by Crippen LogP contribution is -2.50. The molecule has 0 saturated carbocycles. The van der Waals surface area contributed by atoms with Gasteiger partial charge in [-0.1, -0.05) is 31.5 Å². The van der Waals surface area contributed by atoms with Crippen LogP contribution < -0.4 is 5.32 Å². The van der Waals surface area contributed by atoms with Crippen molar-refractivity contribution in [2.24, 2.45) is 0 Å². The zero-order chi connectivity index (χ0) is 14.7. The van der Waals surface area contributed by atoms with Crippen LogP contribution in [0.1, 0.15) is 31.0 Å². The monoisotopic (exact) mass is 355 g/mol. The summed E-state index contributed by atoms with van der Waals surface area (Å²) in [5.74, 6) is 0. The first-order chi connectivity index (χ1) is 10.3. The Hall–Kier alpha value is -0.870. The number of benzene rings is 1. The molecule has 1 saturated heterocycles. The van der Waals surface area contributed by atoms with Crippen molar-refractivity contribution < 1.29 is 0 Å². The number of aromatic nitrogens is 1. The van der Waals surface area contributed by atoms with Gasteiger partial charge < -0.3 is 5.32 Å². The highest BCUT2D eigenvalue weighted by Crippen LogP contribution is 2.22. The summed E-state index contributed by atoms with van der Waals surface area (Å²) >= 11 is 0. The maximum Gasteiger partial charge on any atom is 0.0708 e. The third-order valence-electron chi connectivity index (χ3n) is 4.40. The van der Waals surface area contributed by atoms with Crippen molar-refractivity contribution in [3.05, 3.63) is 41.6 Å². The molecule has 1 fully saturated rings. The van der Waals surface area contributed by atoms with E-state index in [1.165, 1.54) is 23.8 Å². The molecule has 128 valence electrons. The molecule has 1 aliphatic heterocycles. The molecule has 3 nitrogen and oxygen atoms in total.